The number of nitrogens with one attached hydrogen (secondary N) is 2. The number of pyridine rings is 1. The fraction of sp³-hybridized carbons (Fsp3) is 0.222. The number of nitrogens with two attached hydrogens (primary N) is 1. The number of carbonyl (C=O) groups is 1. The average molecular weight is 630 g/mol. The standard InChI is InChI=1S/C36H35N7O2S/c1-35(2,3)43(34(44)45)36(19-7-20-36)24-15-11-23(12-16-24)30-29(22-13-17-25(18-14-22)39-33(37)46)41-32-26-8-4-5-9-27(26)40-31-28(42(30)32)10-6-21-38-31/h4-6,8-18,21H,7,19-20H2,1-3H3,(H,38,40)(H,44,45)(H3,37,39,46). The van der Waals surface area contributed by atoms with E-state index in [1.54, 1.807) is 11.1 Å². The minimum atomic E-state index is -0.900. The van der Waals surface area contributed by atoms with Gasteiger partial charge in [0, 0.05) is 34.1 Å². The van der Waals surface area contributed by atoms with E-state index >= 15 is 0 Å². The van der Waals surface area contributed by atoms with Crippen LogP contribution in [0.1, 0.15) is 45.6 Å². The Kier molecular flexibility index (Phi) is 7.05. The number of benzene rings is 3. The Labute approximate surface area is 273 Å². The molecule has 7 rings (SSSR count). The molecule has 1 aliphatic carbocycles. The SMILES string of the molecule is CC(C)(C)N(C(=O)O)C1(c2ccc(-c3c(-c4ccc(NC(N)=S)cc4)nc4n3-c3cccnc3Nc3ccccc3-4)cc2)CCC1. The second-order valence-corrected chi connectivity index (χ2v) is 13.3. The number of para-hydroxylation sites is 1. The molecule has 10 heteroatoms. The summed E-state index contributed by atoms with van der Waals surface area (Å²) in [4.78, 5) is 24.2. The van der Waals surface area contributed by atoms with E-state index in [4.69, 9.17) is 27.9 Å². The first-order valence-corrected chi connectivity index (χ1v) is 15.7. The van der Waals surface area contributed by atoms with Crippen molar-refractivity contribution in [2.75, 3.05) is 10.6 Å². The molecular weight excluding hydrogens is 595 g/mol. The van der Waals surface area contributed by atoms with E-state index in [1.807, 2.05) is 75.4 Å². The molecule has 5 aromatic rings. The molecule has 46 heavy (non-hydrogen) atoms. The van der Waals surface area contributed by atoms with E-state index in [2.05, 4.69) is 45.5 Å². The number of fused-ring (bicyclic) bond motifs is 5. The Bertz CT molecular complexity index is 1970. The maximum Gasteiger partial charge on any atom is 0.408 e. The average Bonchev–Trinajstić information content (AvgIpc) is 3.33. The van der Waals surface area contributed by atoms with Gasteiger partial charge in [-0.3, -0.25) is 9.47 Å². The van der Waals surface area contributed by atoms with Crippen molar-refractivity contribution in [3.8, 4) is 39.6 Å². The summed E-state index contributed by atoms with van der Waals surface area (Å²) in [5.41, 5.74) is 12.7. The van der Waals surface area contributed by atoms with Crippen LogP contribution in [-0.2, 0) is 5.54 Å². The molecule has 0 unspecified atom stereocenters. The Morgan fingerprint density at radius 2 is 1.70 bits per heavy atom. The molecule has 1 fully saturated rings. The Morgan fingerprint density at radius 3 is 2.33 bits per heavy atom. The van der Waals surface area contributed by atoms with Gasteiger partial charge in [0.1, 0.15) is 5.82 Å². The summed E-state index contributed by atoms with van der Waals surface area (Å²) in [5, 5.41) is 17.0. The Hall–Kier alpha value is -5.22. The van der Waals surface area contributed by atoms with Crippen LogP contribution >= 0.6 is 12.2 Å². The van der Waals surface area contributed by atoms with Crippen LogP contribution in [0.3, 0.4) is 0 Å². The molecule has 0 bridgehead atoms. The van der Waals surface area contributed by atoms with Crippen LogP contribution < -0.4 is 16.4 Å². The van der Waals surface area contributed by atoms with Crippen LogP contribution in [0.25, 0.3) is 39.6 Å². The van der Waals surface area contributed by atoms with Crippen LogP contribution in [0.2, 0.25) is 0 Å². The van der Waals surface area contributed by atoms with Crippen molar-refractivity contribution < 1.29 is 9.90 Å². The molecule has 1 amide bonds. The summed E-state index contributed by atoms with van der Waals surface area (Å²) in [7, 11) is 0. The number of nitrogens with zero attached hydrogens (tertiary/aromatic N) is 4. The third-order valence-electron chi connectivity index (χ3n) is 8.92. The van der Waals surface area contributed by atoms with Crippen LogP contribution in [0, 0.1) is 0 Å². The van der Waals surface area contributed by atoms with Crippen molar-refractivity contribution in [3.63, 3.8) is 0 Å². The second kappa shape index (κ2) is 11.0. The minimum Gasteiger partial charge on any atom is -0.465 e. The first-order chi connectivity index (χ1) is 22.1. The molecule has 0 spiro atoms. The maximum absolute atomic E-state index is 12.6. The van der Waals surface area contributed by atoms with Gasteiger partial charge < -0.3 is 21.5 Å². The van der Waals surface area contributed by atoms with Gasteiger partial charge in [0.05, 0.1) is 28.3 Å². The molecule has 3 aromatic carbocycles. The highest BCUT2D eigenvalue weighted by Crippen LogP contribution is 2.50. The largest absolute Gasteiger partial charge is 0.465 e. The van der Waals surface area contributed by atoms with Gasteiger partial charge >= 0.3 is 6.09 Å². The van der Waals surface area contributed by atoms with E-state index in [9.17, 15) is 9.90 Å². The Morgan fingerprint density at radius 1 is 1.00 bits per heavy atom. The smallest absolute Gasteiger partial charge is 0.408 e. The van der Waals surface area contributed by atoms with Gasteiger partial charge in [0.25, 0.3) is 0 Å². The number of aromatic nitrogens is 3. The molecule has 1 saturated carbocycles. The predicted molar refractivity (Wildman–Crippen MR) is 187 cm³/mol. The zero-order chi connectivity index (χ0) is 32.2. The molecule has 3 heterocycles. The third-order valence-corrected chi connectivity index (χ3v) is 9.02. The van der Waals surface area contributed by atoms with E-state index in [0.717, 1.165) is 81.6 Å². The van der Waals surface area contributed by atoms with Gasteiger partial charge in [0.15, 0.2) is 10.9 Å². The van der Waals surface area contributed by atoms with E-state index in [0.29, 0.717) is 0 Å². The van der Waals surface area contributed by atoms with E-state index < -0.39 is 17.2 Å². The number of hydrogen-bond acceptors (Lipinski definition) is 5. The Balaban J connectivity index is 1.44. The first kappa shape index (κ1) is 29.5. The first-order valence-electron chi connectivity index (χ1n) is 15.3. The summed E-state index contributed by atoms with van der Waals surface area (Å²) in [6, 6.07) is 28.3. The summed E-state index contributed by atoms with van der Waals surface area (Å²) >= 11 is 5.04. The highest BCUT2D eigenvalue weighted by molar-refractivity contribution is 7.80. The fourth-order valence-corrected chi connectivity index (χ4v) is 7.07. The number of imidazole rings is 1. The molecule has 0 saturated heterocycles. The molecule has 1 aliphatic heterocycles. The lowest BCUT2D eigenvalue weighted by Gasteiger charge is -2.54. The number of rotatable bonds is 5. The quantitative estimate of drug-likeness (QED) is 0.141. The lowest BCUT2D eigenvalue weighted by molar-refractivity contribution is -0.0328. The zero-order valence-electron chi connectivity index (χ0n) is 25.9. The van der Waals surface area contributed by atoms with Gasteiger partial charge in [-0.05, 0) is 94.2 Å². The third kappa shape index (κ3) is 4.85. The molecule has 2 aliphatic rings. The normalized spacial score (nSPS) is 14.4. The lowest BCUT2D eigenvalue weighted by Crippen LogP contribution is -2.60. The van der Waals surface area contributed by atoms with Crippen molar-refractivity contribution in [2.24, 2.45) is 5.73 Å². The van der Waals surface area contributed by atoms with Crippen molar-refractivity contribution in [3.05, 3.63) is 96.7 Å². The number of hydrogen-bond donors (Lipinski definition) is 4. The van der Waals surface area contributed by atoms with Gasteiger partial charge in [0.2, 0.25) is 0 Å². The summed E-state index contributed by atoms with van der Waals surface area (Å²) < 4.78 is 2.17. The zero-order valence-corrected chi connectivity index (χ0v) is 26.7. The molecular formula is C36H35N7O2S. The van der Waals surface area contributed by atoms with Gasteiger partial charge in [-0.1, -0.05) is 48.5 Å². The molecule has 0 radical (unpaired) electrons. The maximum atomic E-state index is 12.6. The van der Waals surface area contributed by atoms with Gasteiger partial charge in [-0.25, -0.2) is 14.8 Å². The molecule has 2 aromatic heterocycles. The van der Waals surface area contributed by atoms with Crippen molar-refractivity contribution in [2.45, 2.75) is 51.1 Å². The fourth-order valence-electron chi connectivity index (χ4n) is 6.95. The van der Waals surface area contributed by atoms with Gasteiger partial charge in [-0.2, -0.15) is 0 Å². The predicted octanol–water partition coefficient (Wildman–Crippen LogP) is 8.14. The topological polar surface area (TPSA) is 121 Å². The number of anilines is 3. The van der Waals surface area contributed by atoms with Crippen LogP contribution in [-0.4, -0.2) is 41.3 Å². The van der Waals surface area contributed by atoms with Crippen molar-refractivity contribution in [1.82, 2.24) is 19.4 Å². The molecule has 0 atom stereocenters. The second-order valence-electron chi connectivity index (χ2n) is 12.8. The number of thiocarbonyl (C=S) groups is 1. The van der Waals surface area contributed by atoms with Crippen LogP contribution in [0.4, 0.5) is 22.0 Å². The van der Waals surface area contributed by atoms with E-state index in [1.165, 1.54) is 0 Å². The van der Waals surface area contributed by atoms with Crippen molar-refractivity contribution >= 4 is 40.6 Å². The number of amides is 1. The summed E-state index contributed by atoms with van der Waals surface area (Å²) in [6.45, 7) is 5.88. The highest BCUT2D eigenvalue weighted by Gasteiger charge is 2.50. The highest BCUT2D eigenvalue weighted by atomic mass is 32.1. The number of carboxylic acid groups (broad SMARTS) is 1. The minimum absolute atomic E-state index is 0.201. The molecule has 232 valence electrons. The molecule has 9 nitrogen and oxygen atoms in total. The molecule has 5 N–H and O–H groups in total. The van der Waals surface area contributed by atoms with E-state index in [-0.39, 0.29) is 5.11 Å². The summed E-state index contributed by atoms with van der Waals surface area (Å²) in [5.74, 6) is 1.51. The van der Waals surface area contributed by atoms with Crippen LogP contribution in [0.15, 0.2) is 91.1 Å². The monoisotopic (exact) mass is 629 g/mol. The lowest BCUT2D eigenvalue weighted by atomic mass is 9.69. The van der Waals surface area contributed by atoms with Crippen LogP contribution in [0.5, 0.6) is 0 Å². The van der Waals surface area contributed by atoms with Gasteiger partial charge in [-0.15, -0.1) is 0 Å². The summed E-state index contributed by atoms with van der Waals surface area (Å²) in [6.07, 6.45) is 3.44. The van der Waals surface area contributed by atoms with Crippen molar-refractivity contribution in [1.29, 1.82) is 0 Å².